The number of hydrogen-bond donors (Lipinski definition) is 0. The van der Waals surface area contributed by atoms with Gasteiger partial charge in [0, 0.05) is 34.5 Å². The number of terminal acetylenes is 2. The normalized spacial score (nSPS) is 22.2. The van der Waals surface area contributed by atoms with Crippen molar-refractivity contribution >= 4 is 28.7 Å². The molecule has 1 saturated carbocycles. The zero-order valence-electron chi connectivity index (χ0n) is 21.1. The number of nitrogens with zero attached hydrogens (tertiary/aromatic N) is 2. The molecule has 0 bridgehead atoms. The van der Waals surface area contributed by atoms with E-state index in [1.165, 1.54) is 0 Å². The summed E-state index contributed by atoms with van der Waals surface area (Å²) in [5.41, 5.74) is 5.52. The maximum atomic E-state index is 13.4. The van der Waals surface area contributed by atoms with Gasteiger partial charge >= 0.3 is 0 Å². The van der Waals surface area contributed by atoms with Crippen LogP contribution in [-0.4, -0.2) is 34.9 Å². The van der Waals surface area contributed by atoms with Crippen LogP contribution in [0.25, 0.3) is 0 Å². The van der Waals surface area contributed by atoms with Gasteiger partial charge < -0.3 is 4.90 Å². The number of anilines is 1. The molecule has 4 heteroatoms. The van der Waals surface area contributed by atoms with Gasteiger partial charge in [-0.15, -0.1) is 12.8 Å². The number of carbonyl (C=O) groups is 2. The van der Waals surface area contributed by atoms with Gasteiger partial charge in [0.25, 0.3) is 0 Å². The molecule has 0 saturated heterocycles. The van der Waals surface area contributed by atoms with Crippen LogP contribution in [0.5, 0.6) is 0 Å². The molecule has 2 heterocycles. The van der Waals surface area contributed by atoms with Crippen molar-refractivity contribution in [2.75, 3.05) is 18.0 Å². The molecule has 0 amide bonds. The Balaban J connectivity index is 1.53. The van der Waals surface area contributed by atoms with Crippen LogP contribution in [0.1, 0.15) is 38.8 Å². The lowest BCUT2D eigenvalue weighted by Crippen LogP contribution is -2.42. The van der Waals surface area contributed by atoms with Crippen LogP contribution in [-0.2, 0) is 20.4 Å². The molecule has 1 aliphatic carbocycles. The minimum atomic E-state index is -0.811. The Hall–Kier alpha value is -4.15. The second-order valence-corrected chi connectivity index (χ2v) is 10.6. The standard InChI is InChI=1S/C32H29N2O2/c1-7-17-33-25-15-11-9-13-23(25)31(3,4)27(33)19-21-29(35)22(30(21)36)20-28-32(5,6)24-14-10-12-16-26(24)34(28)18-8-2/h1-2,9-16,19-21H,17-18H2,3-6H3/q+1/b22-20?,27-19+. The van der Waals surface area contributed by atoms with Crippen LogP contribution < -0.4 is 4.90 Å². The van der Waals surface area contributed by atoms with E-state index in [1.807, 2.05) is 51.9 Å². The van der Waals surface area contributed by atoms with E-state index in [0.717, 1.165) is 33.9 Å². The van der Waals surface area contributed by atoms with E-state index >= 15 is 0 Å². The smallest absolute Gasteiger partial charge is 0.210 e. The van der Waals surface area contributed by atoms with E-state index in [9.17, 15) is 9.59 Å². The average Bonchev–Trinajstić information content (AvgIpc) is 3.20. The number of Topliss-reactive ketones (excluding diaryl/α,β-unsaturated/α-hetero) is 2. The molecular weight excluding hydrogens is 444 g/mol. The molecule has 0 atom stereocenters. The predicted molar refractivity (Wildman–Crippen MR) is 143 cm³/mol. The summed E-state index contributed by atoms with van der Waals surface area (Å²) in [7, 11) is 0. The molecule has 5 rings (SSSR count). The highest BCUT2D eigenvalue weighted by molar-refractivity contribution is 6.41. The van der Waals surface area contributed by atoms with Crippen molar-refractivity contribution in [3.63, 3.8) is 0 Å². The van der Waals surface area contributed by atoms with Crippen molar-refractivity contribution < 1.29 is 14.2 Å². The number of fused-ring (bicyclic) bond motifs is 2. The monoisotopic (exact) mass is 473 g/mol. The van der Waals surface area contributed by atoms with Gasteiger partial charge in [0.05, 0.1) is 17.5 Å². The van der Waals surface area contributed by atoms with Crippen molar-refractivity contribution in [3.05, 3.63) is 83.1 Å². The summed E-state index contributed by atoms with van der Waals surface area (Å²) in [5.74, 6) is 4.29. The van der Waals surface area contributed by atoms with Crippen molar-refractivity contribution in [3.8, 4) is 24.7 Å². The molecule has 0 radical (unpaired) electrons. The Morgan fingerprint density at radius 3 is 2.22 bits per heavy atom. The average molecular weight is 474 g/mol. The highest BCUT2D eigenvalue weighted by Gasteiger charge is 2.50. The number of benzene rings is 2. The summed E-state index contributed by atoms with van der Waals surface area (Å²) in [6, 6.07) is 16.1. The number of rotatable bonds is 4. The summed E-state index contributed by atoms with van der Waals surface area (Å²) in [4.78, 5) is 28.8. The number of ketones is 2. The van der Waals surface area contributed by atoms with E-state index in [4.69, 9.17) is 12.8 Å². The first kappa shape index (κ1) is 23.6. The van der Waals surface area contributed by atoms with Crippen molar-refractivity contribution in [1.29, 1.82) is 0 Å². The van der Waals surface area contributed by atoms with Crippen molar-refractivity contribution in [2.45, 2.75) is 38.5 Å². The number of para-hydroxylation sites is 2. The van der Waals surface area contributed by atoms with Crippen LogP contribution in [0.3, 0.4) is 0 Å². The van der Waals surface area contributed by atoms with Crippen LogP contribution in [0.4, 0.5) is 11.4 Å². The molecular formula is C32H29N2O2+. The van der Waals surface area contributed by atoms with Crippen molar-refractivity contribution in [1.82, 2.24) is 0 Å². The summed E-state index contributed by atoms with van der Waals surface area (Å²) in [6.45, 7) is 9.13. The first-order chi connectivity index (χ1) is 17.1. The molecule has 0 aromatic heterocycles. The highest BCUT2D eigenvalue weighted by atomic mass is 16.2. The fourth-order valence-corrected chi connectivity index (χ4v) is 5.85. The Morgan fingerprint density at radius 1 is 0.917 bits per heavy atom. The Kier molecular flexibility index (Phi) is 5.38. The molecule has 2 aliphatic heterocycles. The van der Waals surface area contributed by atoms with Gasteiger partial charge in [0.15, 0.2) is 17.3 Å². The van der Waals surface area contributed by atoms with Gasteiger partial charge in [-0.1, -0.05) is 56.2 Å². The largest absolute Gasteiger partial charge is 0.333 e. The van der Waals surface area contributed by atoms with E-state index in [0.29, 0.717) is 13.1 Å². The number of hydrogen-bond acceptors (Lipinski definition) is 3. The van der Waals surface area contributed by atoms with Crippen LogP contribution in [0, 0.1) is 30.6 Å². The molecule has 0 unspecified atom stereocenters. The van der Waals surface area contributed by atoms with E-state index in [1.54, 1.807) is 6.08 Å². The van der Waals surface area contributed by atoms with Crippen LogP contribution >= 0.6 is 0 Å². The van der Waals surface area contributed by atoms with Crippen LogP contribution in [0.2, 0.25) is 0 Å². The van der Waals surface area contributed by atoms with E-state index in [-0.39, 0.29) is 28.0 Å². The van der Waals surface area contributed by atoms with Gasteiger partial charge in [-0.2, -0.15) is 4.58 Å². The quantitative estimate of drug-likeness (QED) is 0.212. The summed E-state index contributed by atoms with van der Waals surface area (Å²) in [6.07, 6.45) is 14.9. The maximum Gasteiger partial charge on any atom is 0.210 e. The highest BCUT2D eigenvalue weighted by Crippen LogP contribution is 2.48. The third kappa shape index (κ3) is 3.22. The maximum absolute atomic E-state index is 13.4. The first-order valence-electron chi connectivity index (χ1n) is 12.2. The lowest BCUT2D eigenvalue weighted by atomic mass is 9.72. The zero-order chi connectivity index (χ0) is 25.8. The number of allylic oxidation sites excluding steroid dienone is 4. The fraction of sp³-hybridized carbons (Fsp3) is 0.281. The Bertz CT molecular complexity index is 1480. The molecule has 36 heavy (non-hydrogen) atoms. The lowest BCUT2D eigenvalue weighted by molar-refractivity contribution is -0.422. The SMILES string of the molecule is C#CCN1/C(=C/C2C(=O)C(=CC3=[N+](CC#C)c4ccccc4C3(C)C)C2=O)C(C)(C)c2ccccc21. The number of carbonyl (C=O) groups excluding carboxylic acids is 2. The Labute approximate surface area is 213 Å². The fourth-order valence-electron chi connectivity index (χ4n) is 5.85. The second-order valence-electron chi connectivity index (χ2n) is 10.6. The molecule has 3 aliphatic rings. The van der Waals surface area contributed by atoms with Gasteiger partial charge in [0.1, 0.15) is 5.92 Å². The van der Waals surface area contributed by atoms with E-state index in [2.05, 4.69) is 51.7 Å². The lowest BCUT2D eigenvalue weighted by Gasteiger charge is -2.30. The second kappa shape index (κ2) is 8.21. The van der Waals surface area contributed by atoms with Crippen molar-refractivity contribution in [2.24, 2.45) is 5.92 Å². The summed E-state index contributed by atoms with van der Waals surface area (Å²) >= 11 is 0. The predicted octanol–water partition coefficient (Wildman–Crippen LogP) is 4.71. The third-order valence-corrected chi connectivity index (χ3v) is 7.80. The minimum absolute atomic E-state index is 0.167. The minimum Gasteiger partial charge on any atom is -0.333 e. The van der Waals surface area contributed by atoms with Gasteiger partial charge in [0.2, 0.25) is 12.2 Å². The van der Waals surface area contributed by atoms with Gasteiger partial charge in [-0.3, -0.25) is 9.59 Å². The molecule has 1 fully saturated rings. The first-order valence-corrected chi connectivity index (χ1v) is 12.2. The molecule has 2 aromatic carbocycles. The topological polar surface area (TPSA) is 40.4 Å². The van der Waals surface area contributed by atoms with Gasteiger partial charge in [-0.25, -0.2) is 0 Å². The molecule has 0 N–H and O–H groups in total. The zero-order valence-corrected chi connectivity index (χ0v) is 21.1. The third-order valence-electron chi connectivity index (χ3n) is 7.80. The molecule has 0 spiro atoms. The summed E-state index contributed by atoms with van der Waals surface area (Å²) in [5, 5.41) is 0. The summed E-state index contributed by atoms with van der Waals surface area (Å²) < 4.78 is 2.03. The van der Waals surface area contributed by atoms with Crippen LogP contribution in [0.15, 0.2) is 72.0 Å². The Morgan fingerprint density at radius 2 is 1.56 bits per heavy atom. The molecule has 178 valence electrons. The molecule has 4 nitrogen and oxygen atoms in total. The van der Waals surface area contributed by atoms with E-state index < -0.39 is 5.92 Å². The molecule has 2 aromatic rings. The van der Waals surface area contributed by atoms with Gasteiger partial charge in [-0.05, 0) is 37.5 Å².